The smallest absolute Gasteiger partial charge is 0.449 e. The van der Waals surface area contributed by atoms with Crippen LogP contribution in [0.3, 0.4) is 0 Å². The number of halogens is 17. The summed E-state index contributed by atoms with van der Waals surface area (Å²) in [6.07, 6.45) is -40.1. The fraction of sp³-hybridized carbons (Fsp3) is 0.500. The Morgan fingerprint density at radius 1 is 0.714 bits per heavy atom. The summed E-state index contributed by atoms with van der Waals surface area (Å²) in [5.74, 6) is -8.50. The summed E-state index contributed by atoms with van der Waals surface area (Å²) in [5.41, 5.74) is -22.4. The summed E-state index contributed by atoms with van der Waals surface area (Å²) in [4.78, 5) is 9.51. The van der Waals surface area contributed by atoms with Crippen molar-refractivity contribution in [3.8, 4) is 5.75 Å². The zero-order valence-corrected chi connectivity index (χ0v) is 20.2. The maximum atomic E-state index is 14.7. The van der Waals surface area contributed by atoms with Gasteiger partial charge in [-0.25, -0.2) is 17.2 Å². The molecule has 0 aliphatic rings. The summed E-state index contributed by atoms with van der Waals surface area (Å²) in [6, 6.07) is -0.313. The fourth-order valence-corrected chi connectivity index (χ4v) is 4.06. The Bertz CT molecular complexity index is 1220. The second-order valence-electron chi connectivity index (χ2n) is 7.74. The minimum atomic E-state index is -8.37. The second-order valence-corrected chi connectivity index (χ2v) is 9.78. The summed E-state index contributed by atoms with van der Waals surface area (Å²) >= 11 is 0. The molecule has 0 amide bonds. The predicted octanol–water partition coefficient (Wildman–Crippen LogP) is 6.25. The monoisotopic (exact) mass is 675 g/mol. The summed E-state index contributed by atoms with van der Waals surface area (Å²) in [5, 5.41) is 8.61. The Balaban J connectivity index is 4.29. The number of alkyl halides is 17. The number of carboxylic acid groups (broad SMARTS) is 1. The van der Waals surface area contributed by atoms with Crippen LogP contribution in [0.25, 0.3) is 0 Å². The molecule has 6 nitrogen and oxygen atoms in total. The average molecular weight is 675 g/mol. The standard InChI is InChI=1S/C18H10F17NO5S/c1-36(6-9(37)38)42(39,40)8-4-2-7(3-5-8)41-11(14(21,22)23)10(12(19,15(24,25)26)16(27,28)29)13(20,17(30,31)32)18(33,34)35/h2-5H,6H2,1H3,(H,37,38). The first kappa shape index (κ1) is 37.0. The maximum Gasteiger partial charge on any atom is 0.449 e. The molecule has 1 rings (SSSR count). The number of nitrogens with zero attached hydrogens (tertiary/aromatic N) is 1. The fourth-order valence-electron chi connectivity index (χ4n) is 2.94. The minimum Gasteiger partial charge on any atom is -0.480 e. The maximum absolute atomic E-state index is 14.7. The van der Waals surface area contributed by atoms with Gasteiger partial charge in [-0.15, -0.1) is 0 Å². The van der Waals surface area contributed by atoms with Crippen molar-refractivity contribution in [2.75, 3.05) is 13.6 Å². The number of likely N-dealkylation sites (N-methyl/N-ethyl adjacent to an activating group) is 1. The molecule has 1 aromatic carbocycles. The van der Waals surface area contributed by atoms with E-state index in [1.165, 1.54) is 0 Å². The van der Waals surface area contributed by atoms with E-state index in [9.17, 15) is 87.8 Å². The molecule has 0 bridgehead atoms. The number of hydrogen-bond donors (Lipinski definition) is 1. The van der Waals surface area contributed by atoms with E-state index in [1.54, 1.807) is 0 Å². The van der Waals surface area contributed by atoms with Gasteiger partial charge in [0.05, 0.1) is 10.5 Å². The van der Waals surface area contributed by atoms with Crippen molar-refractivity contribution >= 4 is 16.0 Å². The van der Waals surface area contributed by atoms with E-state index in [1.807, 2.05) is 0 Å². The van der Waals surface area contributed by atoms with Crippen molar-refractivity contribution in [1.29, 1.82) is 0 Å². The van der Waals surface area contributed by atoms with Gasteiger partial charge in [0.2, 0.25) is 15.8 Å². The van der Waals surface area contributed by atoms with E-state index in [4.69, 9.17) is 5.11 Å². The van der Waals surface area contributed by atoms with Crippen LogP contribution in [0.5, 0.6) is 5.75 Å². The number of ether oxygens (including phenoxy) is 1. The Kier molecular flexibility index (Phi) is 9.59. The van der Waals surface area contributed by atoms with E-state index in [-0.39, 0.29) is 28.6 Å². The van der Waals surface area contributed by atoms with Crippen LogP contribution in [0.2, 0.25) is 0 Å². The number of carbonyl (C=O) groups is 1. The molecule has 42 heavy (non-hydrogen) atoms. The molecule has 0 atom stereocenters. The van der Waals surface area contributed by atoms with Crippen LogP contribution in [0.4, 0.5) is 74.6 Å². The molecular weight excluding hydrogens is 665 g/mol. The molecule has 24 heteroatoms. The highest BCUT2D eigenvalue weighted by molar-refractivity contribution is 7.89. The Morgan fingerprint density at radius 2 is 1.05 bits per heavy atom. The van der Waals surface area contributed by atoms with Gasteiger partial charge in [-0.1, -0.05) is 0 Å². The summed E-state index contributed by atoms with van der Waals surface area (Å²) in [7, 11) is -4.29. The summed E-state index contributed by atoms with van der Waals surface area (Å²) < 4.78 is 257. The largest absolute Gasteiger partial charge is 0.480 e. The lowest BCUT2D eigenvalue weighted by Crippen LogP contribution is -2.67. The highest BCUT2D eigenvalue weighted by Gasteiger charge is 2.88. The van der Waals surface area contributed by atoms with Crippen LogP contribution in [0.1, 0.15) is 0 Å². The molecule has 0 unspecified atom stereocenters. The third-order valence-corrected chi connectivity index (χ3v) is 6.66. The van der Waals surface area contributed by atoms with Crippen LogP contribution in [-0.2, 0) is 14.8 Å². The quantitative estimate of drug-likeness (QED) is 0.260. The van der Waals surface area contributed by atoms with E-state index in [0.717, 1.165) is 0 Å². The third-order valence-electron chi connectivity index (χ3n) is 4.85. The zero-order valence-electron chi connectivity index (χ0n) is 19.4. The van der Waals surface area contributed by atoms with E-state index in [2.05, 4.69) is 4.74 Å². The lowest BCUT2D eigenvalue weighted by Gasteiger charge is -2.41. The normalized spacial score (nSPS) is 14.6. The van der Waals surface area contributed by atoms with Crippen LogP contribution in [0.15, 0.2) is 40.5 Å². The molecule has 0 saturated carbocycles. The molecule has 0 fully saturated rings. The lowest BCUT2D eigenvalue weighted by atomic mass is 9.79. The molecule has 0 radical (unpaired) electrons. The highest BCUT2D eigenvalue weighted by atomic mass is 32.2. The molecule has 242 valence electrons. The van der Waals surface area contributed by atoms with E-state index in [0.29, 0.717) is 7.05 Å². The first-order valence-electron chi connectivity index (χ1n) is 9.71. The van der Waals surface area contributed by atoms with Gasteiger partial charge in [0, 0.05) is 7.05 Å². The van der Waals surface area contributed by atoms with Crippen LogP contribution < -0.4 is 4.74 Å². The van der Waals surface area contributed by atoms with Gasteiger partial charge in [-0.3, -0.25) is 4.79 Å². The Labute approximate surface area is 221 Å². The van der Waals surface area contributed by atoms with Gasteiger partial charge in [0.15, 0.2) is 0 Å². The Hall–Kier alpha value is -3.05. The van der Waals surface area contributed by atoms with Gasteiger partial charge in [-0.05, 0) is 24.3 Å². The number of sulfonamides is 1. The molecule has 0 saturated heterocycles. The molecular formula is C18H10F17NO5S. The van der Waals surface area contributed by atoms with Crippen molar-refractivity contribution in [1.82, 2.24) is 4.31 Å². The average Bonchev–Trinajstić information content (AvgIpc) is 2.74. The molecule has 0 aliphatic heterocycles. The van der Waals surface area contributed by atoms with E-state index < -0.39 is 86.7 Å². The number of allylic oxidation sites excluding steroid dienone is 2. The first-order valence-corrected chi connectivity index (χ1v) is 11.1. The highest BCUT2D eigenvalue weighted by Crippen LogP contribution is 2.63. The first-order chi connectivity index (χ1) is 18.3. The van der Waals surface area contributed by atoms with Crippen molar-refractivity contribution in [3.05, 3.63) is 35.6 Å². The molecule has 1 N–H and O–H groups in total. The van der Waals surface area contributed by atoms with Gasteiger partial charge >= 0.3 is 48.2 Å². The van der Waals surface area contributed by atoms with Crippen molar-refractivity contribution in [2.45, 2.75) is 47.1 Å². The molecule has 0 aliphatic carbocycles. The topological polar surface area (TPSA) is 83.9 Å². The Morgan fingerprint density at radius 3 is 1.31 bits per heavy atom. The number of benzene rings is 1. The van der Waals surface area contributed by atoms with Gasteiger partial charge in [-0.2, -0.15) is 70.2 Å². The summed E-state index contributed by atoms with van der Waals surface area (Å²) in [6.45, 7) is -1.27. The van der Waals surface area contributed by atoms with Gasteiger partial charge in [0.1, 0.15) is 12.3 Å². The van der Waals surface area contributed by atoms with Gasteiger partial charge < -0.3 is 9.84 Å². The minimum absolute atomic E-state index is 0.0448. The van der Waals surface area contributed by atoms with Crippen molar-refractivity contribution < 1.29 is 97.7 Å². The van der Waals surface area contributed by atoms with Crippen LogP contribution in [0, 0.1) is 0 Å². The van der Waals surface area contributed by atoms with Crippen LogP contribution in [-0.4, -0.2) is 79.6 Å². The number of aliphatic carboxylic acids is 1. The molecule has 0 heterocycles. The molecule has 0 aromatic heterocycles. The lowest BCUT2D eigenvalue weighted by molar-refractivity contribution is -0.365. The number of rotatable bonds is 8. The predicted molar refractivity (Wildman–Crippen MR) is 99.5 cm³/mol. The van der Waals surface area contributed by atoms with Gasteiger partial charge in [0.25, 0.3) is 0 Å². The zero-order chi connectivity index (χ0) is 33.7. The number of hydrogen-bond acceptors (Lipinski definition) is 4. The molecule has 1 aromatic rings. The second kappa shape index (κ2) is 10.9. The number of carboxylic acids is 1. The van der Waals surface area contributed by atoms with Crippen LogP contribution >= 0.6 is 0 Å². The van der Waals surface area contributed by atoms with Crippen molar-refractivity contribution in [2.24, 2.45) is 0 Å². The van der Waals surface area contributed by atoms with E-state index >= 15 is 0 Å². The SMILES string of the molecule is CN(CC(=O)O)S(=O)(=O)c1ccc(OC(=C(C(F)(C(F)(F)F)C(F)(F)F)C(F)(C(F)(F)F)C(F)(F)F)C(F)(F)F)cc1. The van der Waals surface area contributed by atoms with Crippen molar-refractivity contribution in [3.63, 3.8) is 0 Å². The molecule has 0 spiro atoms. The third kappa shape index (κ3) is 6.62.